The summed E-state index contributed by atoms with van der Waals surface area (Å²) < 4.78 is 32.1. The van der Waals surface area contributed by atoms with Crippen LogP contribution in [0.4, 0.5) is 5.69 Å². The van der Waals surface area contributed by atoms with Crippen LogP contribution in [0.5, 0.6) is 5.75 Å². The van der Waals surface area contributed by atoms with E-state index in [-0.39, 0.29) is 35.5 Å². The van der Waals surface area contributed by atoms with Crippen LogP contribution in [0.15, 0.2) is 72.8 Å². The summed E-state index contributed by atoms with van der Waals surface area (Å²) in [6.45, 7) is 3.83. The first-order chi connectivity index (χ1) is 19.4. The molecule has 0 fully saturated rings. The van der Waals surface area contributed by atoms with Crippen LogP contribution in [0.1, 0.15) is 25.0 Å². The van der Waals surface area contributed by atoms with Crippen molar-refractivity contribution in [3.05, 3.63) is 94.0 Å². The summed E-state index contributed by atoms with van der Waals surface area (Å²) in [4.78, 5) is 29.2. The molecular formula is C30H35Cl2N3O5S. The summed E-state index contributed by atoms with van der Waals surface area (Å²) in [5, 5.41) is 3.35. The highest BCUT2D eigenvalue weighted by Crippen LogP contribution is 2.31. The summed E-state index contributed by atoms with van der Waals surface area (Å²) in [5.74, 6) is -0.143. The maximum absolute atomic E-state index is 14.1. The molecule has 0 aliphatic rings. The number of methoxy groups -OCH3 is 1. The Bertz CT molecular complexity index is 1450. The maximum atomic E-state index is 14.1. The van der Waals surface area contributed by atoms with E-state index in [9.17, 15) is 18.0 Å². The molecule has 220 valence electrons. The largest absolute Gasteiger partial charge is 0.497 e. The topological polar surface area (TPSA) is 96.0 Å². The number of amides is 2. The molecular weight excluding hydrogens is 585 g/mol. The lowest BCUT2D eigenvalue weighted by molar-refractivity contribution is -0.140. The van der Waals surface area contributed by atoms with Crippen molar-refractivity contribution in [3.63, 3.8) is 0 Å². The van der Waals surface area contributed by atoms with E-state index in [1.54, 1.807) is 25.3 Å². The van der Waals surface area contributed by atoms with Crippen LogP contribution in [0, 0.1) is 5.92 Å². The molecule has 0 saturated heterocycles. The molecule has 8 nitrogen and oxygen atoms in total. The molecule has 1 N–H and O–H groups in total. The average Bonchev–Trinajstić information content (AvgIpc) is 2.92. The highest BCUT2D eigenvalue weighted by Gasteiger charge is 2.33. The molecule has 3 rings (SSSR count). The summed E-state index contributed by atoms with van der Waals surface area (Å²) in [7, 11) is -2.41. The Labute approximate surface area is 252 Å². The predicted molar refractivity (Wildman–Crippen MR) is 164 cm³/mol. The fourth-order valence-corrected chi connectivity index (χ4v) is 5.64. The third-order valence-corrected chi connectivity index (χ3v) is 7.96. The molecule has 0 radical (unpaired) electrons. The van der Waals surface area contributed by atoms with E-state index in [4.69, 9.17) is 27.9 Å². The molecule has 0 spiro atoms. The van der Waals surface area contributed by atoms with E-state index in [1.807, 2.05) is 50.2 Å². The lowest BCUT2D eigenvalue weighted by atomic mass is 10.0. The van der Waals surface area contributed by atoms with E-state index in [2.05, 4.69) is 5.32 Å². The molecule has 1 unspecified atom stereocenters. The highest BCUT2D eigenvalue weighted by molar-refractivity contribution is 7.92. The van der Waals surface area contributed by atoms with Crippen molar-refractivity contribution in [3.8, 4) is 5.75 Å². The number of sulfonamides is 1. The summed E-state index contributed by atoms with van der Waals surface area (Å²) >= 11 is 12.4. The minimum atomic E-state index is -3.95. The Hall–Kier alpha value is -3.27. The zero-order valence-electron chi connectivity index (χ0n) is 23.5. The number of hydrogen-bond acceptors (Lipinski definition) is 5. The van der Waals surface area contributed by atoms with Gasteiger partial charge in [0.25, 0.3) is 0 Å². The van der Waals surface area contributed by atoms with Crippen molar-refractivity contribution < 1.29 is 22.7 Å². The van der Waals surface area contributed by atoms with Gasteiger partial charge in [0.15, 0.2) is 0 Å². The molecule has 3 aromatic rings. The van der Waals surface area contributed by atoms with Crippen molar-refractivity contribution in [1.82, 2.24) is 10.2 Å². The minimum Gasteiger partial charge on any atom is -0.497 e. The second-order valence-electron chi connectivity index (χ2n) is 10.1. The Balaban J connectivity index is 2.08. The number of anilines is 1. The Morgan fingerprint density at radius 2 is 1.63 bits per heavy atom. The zero-order valence-corrected chi connectivity index (χ0v) is 25.8. The number of halogens is 2. The van der Waals surface area contributed by atoms with Crippen LogP contribution in [-0.2, 0) is 32.6 Å². The smallest absolute Gasteiger partial charge is 0.244 e. The molecule has 3 aromatic carbocycles. The fraction of sp³-hybridized carbons (Fsp3) is 0.333. The minimum absolute atomic E-state index is 0.0363. The first-order valence-electron chi connectivity index (χ1n) is 13.1. The molecule has 41 heavy (non-hydrogen) atoms. The maximum Gasteiger partial charge on any atom is 0.244 e. The van der Waals surface area contributed by atoms with Crippen LogP contribution in [-0.4, -0.2) is 57.6 Å². The average molecular weight is 621 g/mol. The molecule has 0 aliphatic heterocycles. The molecule has 0 aliphatic carbocycles. The second kappa shape index (κ2) is 14.6. The van der Waals surface area contributed by atoms with Gasteiger partial charge in [-0.25, -0.2) is 8.42 Å². The quantitative estimate of drug-likeness (QED) is 0.284. The molecule has 0 saturated carbocycles. The highest BCUT2D eigenvalue weighted by atomic mass is 35.5. The molecule has 1 atom stereocenters. The van der Waals surface area contributed by atoms with E-state index >= 15 is 0 Å². The number of carbonyl (C=O) groups is 2. The third-order valence-electron chi connectivity index (χ3n) is 6.30. The lowest BCUT2D eigenvalue weighted by Gasteiger charge is -2.34. The van der Waals surface area contributed by atoms with Gasteiger partial charge in [-0.2, -0.15) is 0 Å². The van der Waals surface area contributed by atoms with Crippen molar-refractivity contribution in [1.29, 1.82) is 0 Å². The fourth-order valence-electron chi connectivity index (χ4n) is 4.22. The Morgan fingerprint density at radius 3 is 2.24 bits per heavy atom. The van der Waals surface area contributed by atoms with Crippen LogP contribution in [0.2, 0.25) is 10.0 Å². The molecule has 0 aromatic heterocycles. The molecule has 2 amide bonds. The molecule has 11 heteroatoms. The molecule has 0 heterocycles. The summed E-state index contributed by atoms with van der Waals surface area (Å²) in [5.41, 5.74) is 1.67. The van der Waals surface area contributed by atoms with Crippen LogP contribution in [0.3, 0.4) is 0 Å². The van der Waals surface area contributed by atoms with Gasteiger partial charge in [-0.3, -0.25) is 13.9 Å². The third kappa shape index (κ3) is 9.38. The molecule has 0 bridgehead atoms. The monoisotopic (exact) mass is 619 g/mol. The van der Waals surface area contributed by atoms with E-state index in [1.165, 1.54) is 23.1 Å². The van der Waals surface area contributed by atoms with Gasteiger partial charge in [-0.15, -0.1) is 0 Å². The normalized spacial score (nSPS) is 12.1. The Kier molecular flexibility index (Phi) is 11.5. The number of ether oxygens (including phenoxy) is 1. The van der Waals surface area contributed by atoms with Crippen molar-refractivity contribution >= 4 is 50.7 Å². The second-order valence-corrected chi connectivity index (χ2v) is 12.8. The van der Waals surface area contributed by atoms with Crippen LogP contribution in [0.25, 0.3) is 0 Å². The number of hydrogen-bond donors (Lipinski definition) is 1. The Morgan fingerprint density at radius 1 is 0.951 bits per heavy atom. The van der Waals surface area contributed by atoms with Gasteiger partial charge in [-0.1, -0.05) is 79.5 Å². The van der Waals surface area contributed by atoms with Gasteiger partial charge in [0, 0.05) is 24.5 Å². The van der Waals surface area contributed by atoms with Crippen molar-refractivity contribution in [2.24, 2.45) is 5.92 Å². The van der Waals surface area contributed by atoms with Gasteiger partial charge in [0.05, 0.1) is 24.1 Å². The standard InChI is InChI=1S/C30H35Cl2N3O5S/c1-21(2)18-33-30(37)28(16-22-9-6-5-7-10-22)34(19-23-11-8-12-25(15-23)40-3)29(36)20-35(41(4,38)39)27-14-13-24(31)17-26(27)32/h5-15,17,21,28H,16,18-20H2,1-4H3,(H,33,37). The van der Waals surface area contributed by atoms with Crippen LogP contribution >= 0.6 is 23.2 Å². The van der Waals surface area contributed by atoms with Crippen LogP contribution < -0.4 is 14.4 Å². The summed E-state index contributed by atoms with van der Waals surface area (Å²) in [6.07, 6.45) is 1.22. The predicted octanol–water partition coefficient (Wildman–Crippen LogP) is 5.18. The SMILES string of the molecule is COc1cccc(CN(C(=O)CN(c2ccc(Cl)cc2Cl)S(C)(=O)=O)C(Cc2ccccc2)C(=O)NCC(C)C)c1. The number of nitrogens with one attached hydrogen (secondary N) is 1. The number of rotatable bonds is 13. The van der Waals surface area contributed by atoms with Gasteiger partial charge in [0.1, 0.15) is 18.3 Å². The van der Waals surface area contributed by atoms with Gasteiger partial charge in [-0.05, 0) is 47.4 Å². The lowest BCUT2D eigenvalue weighted by Crippen LogP contribution is -2.53. The van der Waals surface area contributed by atoms with Gasteiger partial charge < -0.3 is 15.0 Å². The van der Waals surface area contributed by atoms with E-state index in [0.29, 0.717) is 22.9 Å². The number of benzene rings is 3. The first-order valence-corrected chi connectivity index (χ1v) is 15.7. The van der Waals surface area contributed by atoms with Gasteiger partial charge in [0.2, 0.25) is 21.8 Å². The zero-order chi connectivity index (χ0) is 30.2. The summed E-state index contributed by atoms with van der Waals surface area (Å²) in [6, 6.07) is 19.9. The van der Waals surface area contributed by atoms with E-state index < -0.39 is 28.5 Å². The van der Waals surface area contributed by atoms with Crippen molar-refractivity contribution in [2.75, 3.05) is 30.8 Å². The van der Waals surface area contributed by atoms with Crippen molar-refractivity contribution in [2.45, 2.75) is 32.9 Å². The first kappa shape index (κ1) is 32.2. The number of carbonyl (C=O) groups excluding carboxylic acids is 2. The van der Waals surface area contributed by atoms with E-state index in [0.717, 1.165) is 16.1 Å². The number of nitrogens with zero attached hydrogens (tertiary/aromatic N) is 2. The van der Waals surface area contributed by atoms with Gasteiger partial charge >= 0.3 is 0 Å².